The smallest absolute Gasteiger partial charge is 0.265 e. The van der Waals surface area contributed by atoms with Gasteiger partial charge in [0.1, 0.15) is 5.82 Å². The molecular formula is C27H25N3O2. The van der Waals surface area contributed by atoms with Crippen LogP contribution in [0.5, 0.6) is 0 Å². The molecule has 1 aliphatic rings. The van der Waals surface area contributed by atoms with Crippen LogP contribution in [0.4, 0.5) is 5.69 Å². The predicted octanol–water partition coefficient (Wildman–Crippen LogP) is 4.78. The average Bonchev–Trinajstić information content (AvgIpc) is 3.05. The topological polar surface area (TPSA) is 55.2 Å². The zero-order chi connectivity index (χ0) is 22.4. The van der Waals surface area contributed by atoms with Gasteiger partial charge in [-0.25, -0.2) is 4.98 Å². The van der Waals surface area contributed by atoms with Gasteiger partial charge in [-0.3, -0.25) is 14.2 Å². The van der Waals surface area contributed by atoms with E-state index in [1.54, 1.807) is 10.6 Å². The molecule has 5 nitrogen and oxygen atoms in total. The fourth-order valence-corrected chi connectivity index (χ4v) is 4.68. The van der Waals surface area contributed by atoms with Crippen LogP contribution in [-0.4, -0.2) is 21.5 Å². The summed E-state index contributed by atoms with van der Waals surface area (Å²) in [5, 5.41) is 0.569. The molecule has 0 saturated carbocycles. The van der Waals surface area contributed by atoms with Crippen molar-refractivity contribution >= 4 is 22.5 Å². The van der Waals surface area contributed by atoms with E-state index in [1.807, 2.05) is 92.4 Å². The van der Waals surface area contributed by atoms with E-state index >= 15 is 0 Å². The standard InChI is InChI=1S/C27H25N3O2/c1-17(2)29-24-14-7-5-11-20(24)22(27(29)32)16-25-28-23-13-6-4-12-21(23)26(31)30(25)19-10-8-9-18(3)15-19/h4-15,17,22H,16H2,1-3H3/t22-/m1/s1. The first-order valence-corrected chi connectivity index (χ1v) is 11.0. The van der Waals surface area contributed by atoms with Crippen molar-refractivity contribution in [3.63, 3.8) is 0 Å². The van der Waals surface area contributed by atoms with E-state index < -0.39 is 0 Å². The second-order valence-corrected chi connectivity index (χ2v) is 8.64. The number of nitrogens with zero attached hydrogens (tertiary/aromatic N) is 3. The quantitative estimate of drug-likeness (QED) is 0.475. The van der Waals surface area contributed by atoms with Crippen LogP contribution in [0.15, 0.2) is 77.6 Å². The Morgan fingerprint density at radius 3 is 2.47 bits per heavy atom. The highest BCUT2D eigenvalue weighted by Crippen LogP contribution is 2.40. The summed E-state index contributed by atoms with van der Waals surface area (Å²) in [5.41, 5.74) is 4.29. The number of para-hydroxylation sites is 2. The molecule has 0 radical (unpaired) electrons. The van der Waals surface area contributed by atoms with Gasteiger partial charge < -0.3 is 4.90 Å². The van der Waals surface area contributed by atoms with Gasteiger partial charge in [-0.1, -0.05) is 42.5 Å². The lowest BCUT2D eigenvalue weighted by Gasteiger charge is -2.22. The van der Waals surface area contributed by atoms with Crippen molar-refractivity contribution in [2.45, 2.75) is 39.2 Å². The van der Waals surface area contributed by atoms with Crippen molar-refractivity contribution in [2.24, 2.45) is 0 Å². The molecule has 0 fully saturated rings. The fourth-order valence-electron chi connectivity index (χ4n) is 4.68. The number of hydrogen-bond acceptors (Lipinski definition) is 3. The second kappa shape index (κ2) is 7.75. The summed E-state index contributed by atoms with van der Waals surface area (Å²) in [6.07, 6.45) is 0.354. The average molecular weight is 424 g/mol. The van der Waals surface area contributed by atoms with Gasteiger partial charge in [-0.15, -0.1) is 0 Å². The van der Waals surface area contributed by atoms with Crippen molar-refractivity contribution in [2.75, 3.05) is 4.90 Å². The first-order valence-electron chi connectivity index (χ1n) is 11.0. The molecule has 0 saturated heterocycles. The highest BCUT2D eigenvalue weighted by molar-refractivity contribution is 6.05. The zero-order valence-electron chi connectivity index (χ0n) is 18.4. The van der Waals surface area contributed by atoms with E-state index in [9.17, 15) is 9.59 Å². The second-order valence-electron chi connectivity index (χ2n) is 8.64. The third-order valence-electron chi connectivity index (χ3n) is 6.12. The number of aromatic nitrogens is 2. The summed E-state index contributed by atoms with van der Waals surface area (Å²) >= 11 is 0. The fraction of sp³-hybridized carbons (Fsp3) is 0.222. The summed E-state index contributed by atoms with van der Waals surface area (Å²) in [6.45, 7) is 6.04. The molecular weight excluding hydrogens is 398 g/mol. The number of aryl methyl sites for hydroxylation is 1. The number of carbonyl (C=O) groups is 1. The SMILES string of the molecule is Cc1cccc(-n2c(C[C@H]3C(=O)N(C(C)C)c4ccccc43)nc3ccccc3c2=O)c1. The van der Waals surface area contributed by atoms with Crippen LogP contribution < -0.4 is 10.5 Å². The van der Waals surface area contributed by atoms with Crippen LogP contribution in [0.1, 0.15) is 36.7 Å². The van der Waals surface area contributed by atoms with Gasteiger partial charge >= 0.3 is 0 Å². The molecule has 0 unspecified atom stereocenters. The summed E-state index contributed by atoms with van der Waals surface area (Å²) in [7, 11) is 0. The molecule has 0 N–H and O–H groups in total. The van der Waals surface area contributed by atoms with Crippen LogP contribution in [-0.2, 0) is 11.2 Å². The van der Waals surface area contributed by atoms with Crippen LogP contribution in [0.25, 0.3) is 16.6 Å². The van der Waals surface area contributed by atoms with Gasteiger partial charge in [0.15, 0.2) is 0 Å². The minimum absolute atomic E-state index is 0.0529. The maximum absolute atomic E-state index is 13.6. The zero-order valence-corrected chi connectivity index (χ0v) is 18.4. The maximum Gasteiger partial charge on any atom is 0.265 e. The lowest BCUT2D eigenvalue weighted by molar-refractivity contribution is -0.119. The molecule has 4 aromatic rings. The van der Waals surface area contributed by atoms with Gasteiger partial charge in [0.05, 0.1) is 22.5 Å². The van der Waals surface area contributed by atoms with E-state index in [1.165, 1.54) is 0 Å². The highest BCUT2D eigenvalue weighted by atomic mass is 16.2. The Kier molecular flexibility index (Phi) is 4.89. The Bertz CT molecular complexity index is 1400. The molecule has 0 bridgehead atoms. The predicted molar refractivity (Wildman–Crippen MR) is 128 cm³/mol. The Hall–Kier alpha value is -3.73. The molecule has 160 valence electrons. The van der Waals surface area contributed by atoms with Gasteiger partial charge in [0, 0.05) is 18.2 Å². The monoisotopic (exact) mass is 423 g/mol. The number of amides is 1. The van der Waals surface area contributed by atoms with Crippen LogP contribution in [0, 0.1) is 6.92 Å². The lowest BCUT2D eigenvalue weighted by atomic mass is 9.96. The molecule has 2 heterocycles. The lowest BCUT2D eigenvalue weighted by Crippen LogP contribution is -2.36. The third kappa shape index (κ3) is 3.21. The molecule has 3 aromatic carbocycles. The highest BCUT2D eigenvalue weighted by Gasteiger charge is 2.39. The van der Waals surface area contributed by atoms with Crippen LogP contribution >= 0.6 is 0 Å². The first kappa shape index (κ1) is 20.2. The van der Waals surface area contributed by atoms with E-state index in [2.05, 4.69) is 0 Å². The largest absolute Gasteiger partial charge is 0.309 e. The summed E-state index contributed by atoms with van der Waals surface area (Å²) in [4.78, 5) is 33.8. The van der Waals surface area contributed by atoms with Crippen LogP contribution in [0.3, 0.4) is 0 Å². The first-order chi connectivity index (χ1) is 15.5. The Morgan fingerprint density at radius 2 is 1.69 bits per heavy atom. The van der Waals surface area contributed by atoms with Crippen molar-refractivity contribution in [1.82, 2.24) is 9.55 Å². The van der Waals surface area contributed by atoms with Crippen LogP contribution in [0.2, 0.25) is 0 Å². The Morgan fingerprint density at radius 1 is 0.938 bits per heavy atom. The van der Waals surface area contributed by atoms with Gasteiger partial charge in [-0.05, 0) is 62.2 Å². The molecule has 32 heavy (non-hydrogen) atoms. The summed E-state index contributed by atoms with van der Waals surface area (Å²) in [5.74, 6) is 0.273. The van der Waals surface area contributed by atoms with Gasteiger partial charge in [0.2, 0.25) is 5.91 Å². The molecule has 1 amide bonds. The molecule has 5 heteroatoms. The Labute approximate surface area is 187 Å². The number of carbonyl (C=O) groups excluding carboxylic acids is 1. The van der Waals surface area contributed by atoms with E-state index in [-0.39, 0.29) is 23.4 Å². The van der Waals surface area contributed by atoms with Gasteiger partial charge in [-0.2, -0.15) is 0 Å². The molecule has 5 rings (SSSR count). The normalized spacial score (nSPS) is 15.6. The molecule has 1 aliphatic heterocycles. The Balaban J connectivity index is 1.71. The van der Waals surface area contributed by atoms with Crippen molar-refractivity contribution in [3.05, 3.63) is 100 Å². The van der Waals surface area contributed by atoms with Crippen molar-refractivity contribution in [3.8, 4) is 5.69 Å². The third-order valence-corrected chi connectivity index (χ3v) is 6.12. The number of hydrogen-bond donors (Lipinski definition) is 0. The molecule has 1 aromatic heterocycles. The number of fused-ring (bicyclic) bond motifs is 2. The van der Waals surface area contributed by atoms with E-state index in [4.69, 9.17) is 4.98 Å². The number of benzene rings is 3. The molecule has 0 aliphatic carbocycles. The molecule has 0 spiro atoms. The number of anilines is 1. The summed E-state index contributed by atoms with van der Waals surface area (Å²) < 4.78 is 1.67. The van der Waals surface area contributed by atoms with Crippen molar-refractivity contribution < 1.29 is 4.79 Å². The summed E-state index contributed by atoms with van der Waals surface area (Å²) in [6, 6.07) is 23.2. The van der Waals surface area contributed by atoms with Gasteiger partial charge in [0.25, 0.3) is 5.56 Å². The number of rotatable bonds is 4. The maximum atomic E-state index is 13.6. The van der Waals surface area contributed by atoms with E-state index in [0.717, 1.165) is 22.5 Å². The minimum atomic E-state index is -0.377. The minimum Gasteiger partial charge on any atom is -0.309 e. The molecule has 1 atom stereocenters. The van der Waals surface area contributed by atoms with E-state index in [0.29, 0.717) is 23.1 Å². The van der Waals surface area contributed by atoms with Crippen molar-refractivity contribution in [1.29, 1.82) is 0 Å².